The molecule has 1 amide bonds. The lowest BCUT2D eigenvalue weighted by atomic mass is 9.92. The molecule has 0 aliphatic rings. The molecule has 0 aromatic rings. The Balaban J connectivity index is 4.06. The second-order valence-electron chi connectivity index (χ2n) is 4.82. The topological polar surface area (TPSA) is 46.3 Å². The van der Waals surface area contributed by atoms with Gasteiger partial charge in [-0.15, -0.1) is 0 Å². The highest BCUT2D eigenvalue weighted by Gasteiger charge is 2.19. The molecule has 0 saturated carbocycles. The van der Waals surface area contributed by atoms with Crippen LogP contribution in [-0.4, -0.2) is 30.9 Å². The Kier molecular flexibility index (Phi) is 6.57. The summed E-state index contributed by atoms with van der Waals surface area (Å²) in [6, 6.07) is 0.217. The molecule has 15 heavy (non-hydrogen) atoms. The molecule has 0 aromatic heterocycles. The molecule has 0 aliphatic heterocycles. The largest absolute Gasteiger partial charge is 0.349 e. The molecule has 2 N–H and O–H groups in total. The lowest BCUT2D eigenvalue weighted by molar-refractivity contribution is -0.133. The van der Waals surface area contributed by atoms with E-state index >= 15 is 0 Å². The van der Waals surface area contributed by atoms with Gasteiger partial charge in [-0.25, -0.2) is 0 Å². The number of hydrogen-bond donors (Lipinski definition) is 1. The van der Waals surface area contributed by atoms with Crippen LogP contribution in [0, 0.1) is 11.8 Å². The molecule has 0 aromatic carbocycles. The van der Waals surface area contributed by atoms with Crippen molar-refractivity contribution in [3.63, 3.8) is 0 Å². The van der Waals surface area contributed by atoms with Crippen molar-refractivity contribution in [3.8, 4) is 0 Å². The van der Waals surface area contributed by atoms with Crippen LogP contribution in [0.25, 0.3) is 0 Å². The van der Waals surface area contributed by atoms with Gasteiger partial charge in [-0.05, 0) is 25.2 Å². The SMILES string of the molecule is CCC(CCC(N)C(C)C)C(=O)N(C)C. The van der Waals surface area contributed by atoms with E-state index in [1.165, 1.54) is 0 Å². The van der Waals surface area contributed by atoms with Gasteiger partial charge >= 0.3 is 0 Å². The van der Waals surface area contributed by atoms with Crippen LogP contribution in [0.2, 0.25) is 0 Å². The Morgan fingerprint density at radius 1 is 1.27 bits per heavy atom. The molecule has 0 bridgehead atoms. The molecule has 3 nitrogen and oxygen atoms in total. The minimum Gasteiger partial charge on any atom is -0.349 e. The number of nitrogens with two attached hydrogens (primary N) is 1. The van der Waals surface area contributed by atoms with Crippen molar-refractivity contribution in [2.45, 2.75) is 46.1 Å². The maximum Gasteiger partial charge on any atom is 0.225 e. The van der Waals surface area contributed by atoms with Crippen LogP contribution in [0.15, 0.2) is 0 Å². The van der Waals surface area contributed by atoms with E-state index in [0.717, 1.165) is 19.3 Å². The van der Waals surface area contributed by atoms with Crippen molar-refractivity contribution in [1.82, 2.24) is 4.90 Å². The summed E-state index contributed by atoms with van der Waals surface area (Å²) in [7, 11) is 3.63. The fraction of sp³-hybridized carbons (Fsp3) is 0.917. The van der Waals surface area contributed by atoms with E-state index in [1.807, 2.05) is 14.1 Å². The zero-order valence-corrected chi connectivity index (χ0v) is 10.8. The molecule has 0 spiro atoms. The summed E-state index contributed by atoms with van der Waals surface area (Å²) in [5, 5.41) is 0. The Morgan fingerprint density at radius 2 is 1.80 bits per heavy atom. The van der Waals surface area contributed by atoms with E-state index in [0.29, 0.717) is 5.92 Å². The average molecular weight is 214 g/mol. The first-order valence-electron chi connectivity index (χ1n) is 5.86. The lowest BCUT2D eigenvalue weighted by Gasteiger charge is -2.22. The summed E-state index contributed by atoms with van der Waals surface area (Å²) in [6.07, 6.45) is 2.75. The first-order chi connectivity index (χ1) is 6.90. The maximum absolute atomic E-state index is 11.7. The summed E-state index contributed by atoms with van der Waals surface area (Å²) in [5.41, 5.74) is 5.97. The maximum atomic E-state index is 11.7. The van der Waals surface area contributed by atoms with Gasteiger partial charge in [-0.1, -0.05) is 20.8 Å². The van der Waals surface area contributed by atoms with E-state index in [2.05, 4.69) is 20.8 Å². The zero-order valence-electron chi connectivity index (χ0n) is 10.8. The predicted molar refractivity (Wildman–Crippen MR) is 64.5 cm³/mol. The highest BCUT2D eigenvalue weighted by atomic mass is 16.2. The third kappa shape index (κ3) is 5.17. The molecule has 90 valence electrons. The molecule has 0 rings (SSSR count). The van der Waals surface area contributed by atoms with Gasteiger partial charge in [-0.3, -0.25) is 4.79 Å². The van der Waals surface area contributed by atoms with E-state index in [9.17, 15) is 4.79 Å². The molecule has 0 fully saturated rings. The van der Waals surface area contributed by atoms with Gasteiger partial charge in [0.05, 0.1) is 0 Å². The van der Waals surface area contributed by atoms with E-state index in [4.69, 9.17) is 5.73 Å². The van der Waals surface area contributed by atoms with Crippen LogP contribution in [-0.2, 0) is 4.79 Å². The molecule has 3 heteroatoms. The summed E-state index contributed by atoms with van der Waals surface area (Å²) in [6.45, 7) is 6.31. The number of hydrogen-bond acceptors (Lipinski definition) is 2. The minimum atomic E-state index is 0.143. The second kappa shape index (κ2) is 6.83. The molecule has 0 radical (unpaired) electrons. The van der Waals surface area contributed by atoms with Crippen molar-refractivity contribution in [2.75, 3.05) is 14.1 Å². The summed E-state index contributed by atoms with van der Waals surface area (Å²) < 4.78 is 0. The fourth-order valence-corrected chi connectivity index (χ4v) is 1.59. The second-order valence-corrected chi connectivity index (χ2v) is 4.82. The van der Waals surface area contributed by atoms with Crippen molar-refractivity contribution in [1.29, 1.82) is 0 Å². The van der Waals surface area contributed by atoms with Crippen molar-refractivity contribution < 1.29 is 4.79 Å². The van der Waals surface area contributed by atoms with Crippen molar-refractivity contribution in [3.05, 3.63) is 0 Å². The fourth-order valence-electron chi connectivity index (χ4n) is 1.59. The Morgan fingerprint density at radius 3 is 2.13 bits per heavy atom. The Hall–Kier alpha value is -0.570. The standard InChI is InChI=1S/C12H26N2O/c1-6-10(12(15)14(4)5)7-8-11(13)9(2)3/h9-11H,6-8,13H2,1-5H3. The number of rotatable bonds is 6. The van der Waals surface area contributed by atoms with Crippen LogP contribution in [0.4, 0.5) is 0 Å². The van der Waals surface area contributed by atoms with Gasteiger partial charge in [0, 0.05) is 26.1 Å². The lowest BCUT2D eigenvalue weighted by Crippen LogP contribution is -2.32. The first kappa shape index (κ1) is 14.4. The van der Waals surface area contributed by atoms with Gasteiger partial charge in [0.2, 0.25) is 5.91 Å². The van der Waals surface area contributed by atoms with Crippen LogP contribution in [0.5, 0.6) is 0 Å². The van der Waals surface area contributed by atoms with E-state index in [-0.39, 0.29) is 17.9 Å². The third-order valence-corrected chi connectivity index (χ3v) is 2.99. The van der Waals surface area contributed by atoms with Gasteiger partial charge in [0.15, 0.2) is 0 Å². The monoisotopic (exact) mass is 214 g/mol. The minimum absolute atomic E-state index is 0.143. The number of carbonyl (C=O) groups excluding carboxylic acids is 1. The normalized spacial score (nSPS) is 15.1. The highest BCUT2D eigenvalue weighted by Crippen LogP contribution is 2.16. The molecule has 0 saturated heterocycles. The number of nitrogens with zero attached hydrogens (tertiary/aromatic N) is 1. The first-order valence-corrected chi connectivity index (χ1v) is 5.86. The molecular formula is C12H26N2O. The summed E-state index contributed by atoms with van der Waals surface area (Å²) >= 11 is 0. The average Bonchev–Trinajstić information content (AvgIpc) is 2.17. The van der Waals surface area contributed by atoms with Crippen molar-refractivity contribution in [2.24, 2.45) is 17.6 Å². The molecule has 0 heterocycles. The van der Waals surface area contributed by atoms with Crippen LogP contribution in [0.1, 0.15) is 40.0 Å². The molecule has 2 unspecified atom stereocenters. The molecule has 0 aliphatic carbocycles. The quantitative estimate of drug-likeness (QED) is 0.733. The summed E-state index contributed by atoms with van der Waals surface area (Å²) in [4.78, 5) is 13.4. The van der Waals surface area contributed by atoms with Gasteiger partial charge in [0.1, 0.15) is 0 Å². The van der Waals surface area contributed by atoms with Gasteiger partial charge in [0.25, 0.3) is 0 Å². The molecular weight excluding hydrogens is 188 g/mol. The Bertz CT molecular complexity index is 190. The van der Waals surface area contributed by atoms with Crippen LogP contribution >= 0.6 is 0 Å². The van der Waals surface area contributed by atoms with Crippen LogP contribution in [0.3, 0.4) is 0 Å². The van der Waals surface area contributed by atoms with Crippen molar-refractivity contribution >= 4 is 5.91 Å². The highest BCUT2D eigenvalue weighted by molar-refractivity contribution is 5.78. The van der Waals surface area contributed by atoms with E-state index < -0.39 is 0 Å². The zero-order chi connectivity index (χ0) is 12.0. The smallest absolute Gasteiger partial charge is 0.225 e. The summed E-state index contributed by atoms with van der Waals surface area (Å²) in [5.74, 6) is 0.871. The van der Waals surface area contributed by atoms with Gasteiger partial charge in [-0.2, -0.15) is 0 Å². The van der Waals surface area contributed by atoms with Gasteiger partial charge < -0.3 is 10.6 Å². The molecule has 2 atom stereocenters. The number of carbonyl (C=O) groups is 1. The predicted octanol–water partition coefficient (Wildman–Crippen LogP) is 1.86. The van der Waals surface area contributed by atoms with Crippen LogP contribution < -0.4 is 5.73 Å². The third-order valence-electron chi connectivity index (χ3n) is 2.99. The Labute approximate surface area is 94.0 Å². The van der Waals surface area contributed by atoms with E-state index in [1.54, 1.807) is 4.90 Å². The number of amides is 1.